The molecule has 1 amide bonds. The zero-order chi connectivity index (χ0) is 8.55. The van der Waals surface area contributed by atoms with E-state index in [0.29, 0.717) is 5.71 Å². The first-order chi connectivity index (χ1) is 5.83. The summed E-state index contributed by atoms with van der Waals surface area (Å²) in [5.74, 6) is -0.292. The Hall–Kier alpha value is -1.58. The van der Waals surface area contributed by atoms with E-state index in [1.54, 1.807) is 6.08 Å². The van der Waals surface area contributed by atoms with Gasteiger partial charge in [-0.15, -0.1) is 5.10 Å². The maximum Gasteiger partial charge on any atom is 0.298 e. The molecule has 2 aliphatic heterocycles. The molecule has 0 fully saturated rings. The number of carbonyl (C=O) groups excluding carboxylic acids is 1. The third kappa shape index (κ3) is 0.845. The van der Waals surface area contributed by atoms with Gasteiger partial charge in [-0.05, 0) is 12.5 Å². The first-order valence-corrected chi connectivity index (χ1v) is 3.77. The normalized spacial score (nSPS) is 20.1. The smallest absolute Gasteiger partial charge is 0.265 e. The molecule has 2 heterocycles. The van der Waals surface area contributed by atoms with Gasteiger partial charge in [0, 0.05) is 11.8 Å². The molecular formula is C8H7N3O. The summed E-state index contributed by atoms with van der Waals surface area (Å²) >= 11 is 0. The number of carbonyl (C=O) groups is 1. The maximum absolute atomic E-state index is 11.1. The van der Waals surface area contributed by atoms with Crippen LogP contribution in [0.4, 0.5) is 0 Å². The molecule has 0 aliphatic carbocycles. The van der Waals surface area contributed by atoms with E-state index in [-0.39, 0.29) is 5.91 Å². The zero-order valence-electron chi connectivity index (χ0n) is 6.61. The largest absolute Gasteiger partial charge is 0.298 e. The summed E-state index contributed by atoms with van der Waals surface area (Å²) in [4.78, 5) is 14.7. The van der Waals surface area contributed by atoms with Gasteiger partial charge in [0.25, 0.3) is 5.91 Å². The summed E-state index contributed by atoms with van der Waals surface area (Å²) < 4.78 is 0. The van der Waals surface area contributed by atoms with Gasteiger partial charge in [-0.2, -0.15) is 5.10 Å². The second kappa shape index (κ2) is 2.48. The summed E-state index contributed by atoms with van der Waals surface area (Å²) in [6, 6.07) is 0. The average Bonchev–Trinajstić information content (AvgIpc) is 2.49. The summed E-state index contributed by atoms with van der Waals surface area (Å²) in [5.41, 5.74) is 2.08. The van der Waals surface area contributed by atoms with Crippen molar-refractivity contribution >= 4 is 23.5 Å². The average molecular weight is 161 g/mol. The molecule has 12 heavy (non-hydrogen) atoms. The van der Waals surface area contributed by atoms with Gasteiger partial charge < -0.3 is 0 Å². The van der Waals surface area contributed by atoms with E-state index < -0.39 is 0 Å². The van der Waals surface area contributed by atoms with Crippen molar-refractivity contribution in [1.29, 1.82) is 0 Å². The van der Waals surface area contributed by atoms with Gasteiger partial charge in [-0.3, -0.25) is 4.79 Å². The van der Waals surface area contributed by atoms with Gasteiger partial charge in [-0.25, -0.2) is 4.99 Å². The van der Waals surface area contributed by atoms with E-state index in [2.05, 4.69) is 15.2 Å². The summed E-state index contributed by atoms with van der Waals surface area (Å²) in [5, 5.41) is 7.65. The fourth-order valence-corrected chi connectivity index (χ4v) is 1.19. The number of rotatable bonds is 1. The van der Waals surface area contributed by atoms with Crippen LogP contribution in [0.25, 0.3) is 0 Å². The second-order valence-corrected chi connectivity index (χ2v) is 2.51. The molecule has 0 unspecified atom stereocenters. The molecule has 4 heteroatoms. The van der Waals surface area contributed by atoms with E-state index in [1.165, 1.54) is 6.21 Å². The number of nitrogens with zero attached hydrogens (tertiary/aromatic N) is 3. The van der Waals surface area contributed by atoms with Gasteiger partial charge in [0.15, 0.2) is 5.71 Å². The molecule has 0 radical (unpaired) electrons. The van der Waals surface area contributed by atoms with Crippen LogP contribution in [0.5, 0.6) is 0 Å². The van der Waals surface area contributed by atoms with E-state index >= 15 is 0 Å². The molecule has 0 aromatic heterocycles. The molecule has 0 bridgehead atoms. The summed E-state index contributed by atoms with van der Waals surface area (Å²) in [6.45, 7) is 1.98. The topological polar surface area (TPSA) is 54.1 Å². The number of allylic oxidation sites excluding steroid dienone is 1. The molecule has 0 saturated heterocycles. The van der Waals surface area contributed by atoms with Crippen LogP contribution < -0.4 is 0 Å². The fourth-order valence-electron chi connectivity index (χ4n) is 1.19. The first kappa shape index (κ1) is 7.09. The summed E-state index contributed by atoms with van der Waals surface area (Å²) in [7, 11) is 0. The van der Waals surface area contributed by atoms with Crippen molar-refractivity contribution < 1.29 is 4.79 Å². The molecule has 4 nitrogen and oxygen atoms in total. The van der Waals surface area contributed by atoms with Crippen molar-refractivity contribution in [2.45, 2.75) is 13.3 Å². The Morgan fingerprint density at radius 2 is 2.25 bits per heavy atom. The molecule has 2 aliphatic rings. The predicted molar refractivity (Wildman–Crippen MR) is 46.7 cm³/mol. The van der Waals surface area contributed by atoms with E-state index in [0.717, 1.165) is 17.7 Å². The second-order valence-electron chi connectivity index (χ2n) is 2.51. The Balaban J connectivity index is 2.43. The monoisotopic (exact) mass is 161 g/mol. The molecule has 60 valence electrons. The van der Waals surface area contributed by atoms with E-state index in [4.69, 9.17) is 0 Å². The van der Waals surface area contributed by atoms with Crippen LogP contribution in [0.1, 0.15) is 13.3 Å². The van der Waals surface area contributed by atoms with Crippen LogP contribution in [0.3, 0.4) is 0 Å². The lowest BCUT2D eigenvalue weighted by Crippen LogP contribution is -2.19. The molecule has 0 N–H and O–H groups in total. The summed E-state index contributed by atoms with van der Waals surface area (Å²) in [6.07, 6.45) is 4.06. The number of dihydropyridines is 1. The SMILES string of the molecule is CCC1=NN=C2C(=O)N=CC=C12. The number of fused-ring (bicyclic) bond motifs is 1. The quantitative estimate of drug-likeness (QED) is 0.559. The molecule has 0 saturated carbocycles. The van der Waals surface area contributed by atoms with Crippen LogP contribution in [-0.2, 0) is 4.79 Å². The minimum absolute atomic E-state index is 0.292. The number of amides is 1. The van der Waals surface area contributed by atoms with E-state index in [1.807, 2.05) is 6.92 Å². The maximum atomic E-state index is 11.1. The van der Waals surface area contributed by atoms with Gasteiger partial charge in [-0.1, -0.05) is 6.92 Å². The fraction of sp³-hybridized carbons (Fsp3) is 0.250. The molecule has 0 spiro atoms. The first-order valence-electron chi connectivity index (χ1n) is 3.77. The number of aliphatic imine (C=N–C) groups is 1. The van der Waals surface area contributed by atoms with Crippen LogP contribution in [-0.4, -0.2) is 23.5 Å². The highest BCUT2D eigenvalue weighted by Crippen LogP contribution is 2.15. The van der Waals surface area contributed by atoms with Crippen molar-refractivity contribution in [1.82, 2.24) is 0 Å². The van der Waals surface area contributed by atoms with Crippen LogP contribution in [0.15, 0.2) is 26.8 Å². The Bertz CT molecular complexity index is 360. The lowest BCUT2D eigenvalue weighted by Gasteiger charge is -2.02. The highest BCUT2D eigenvalue weighted by molar-refractivity contribution is 6.55. The lowest BCUT2D eigenvalue weighted by molar-refractivity contribution is -0.111. The molecule has 0 atom stereocenters. The van der Waals surface area contributed by atoms with E-state index in [9.17, 15) is 4.79 Å². The minimum Gasteiger partial charge on any atom is -0.265 e. The minimum atomic E-state index is -0.292. The Kier molecular flexibility index (Phi) is 1.46. The molecule has 0 aromatic carbocycles. The highest BCUT2D eigenvalue weighted by Gasteiger charge is 2.25. The third-order valence-corrected chi connectivity index (χ3v) is 1.81. The van der Waals surface area contributed by atoms with Crippen molar-refractivity contribution in [3.8, 4) is 0 Å². The van der Waals surface area contributed by atoms with Gasteiger partial charge in [0.1, 0.15) is 0 Å². The number of hydrogen-bond acceptors (Lipinski definition) is 3. The van der Waals surface area contributed by atoms with Gasteiger partial charge >= 0.3 is 0 Å². The Labute approximate surface area is 69.4 Å². The van der Waals surface area contributed by atoms with Crippen LogP contribution >= 0.6 is 0 Å². The third-order valence-electron chi connectivity index (χ3n) is 1.81. The van der Waals surface area contributed by atoms with Crippen LogP contribution in [0.2, 0.25) is 0 Å². The number of hydrogen-bond donors (Lipinski definition) is 0. The molecule has 0 aromatic rings. The molecule has 2 rings (SSSR count). The predicted octanol–water partition coefficient (Wildman–Crippen LogP) is 0.744. The standard InChI is InChI=1S/C8H7N3O/c1-2-6-5-3-4-9-8(12)7(5)11-10-6/h3-4H,2H2,1H3. The molecular weight excluding hydrogens is 154 g/mol. The van der Waals surface area contributed by atoms with Gasteiger partial charge in [0.2, 0.25) is 0 Å². The van der Waals surface area contributed by atoms with Gasteiger partial charge in [0.05, 0.1) is 5.71 Å². The highest BCUT2D eigenvalue weighted by atomic mass is 16.1. The van der Waals surface area contributed by atoms with Crippen molar-refractivity contribution in [2.75, 3.05) is 0 Å². The zero-order valence-corrected chi connectivity index (χ0v) is 6.61. The van der Waals surface area contributed by atoms with Crippen LogP contribution in [0, 0.1) is 0 Å². The van der Waals surface area contributed by atoms with Crippen molar-refractivity contribution in [3.63, 3.8) is 0 Å². The Morgan fingerprint density at radius 1 is 1.42 bits per heavy atom. The Morgan fingerprint density at radius 3 is 3.00 bits per heavy atom. The van der Waals surface area contributed by atoms with Crippen molar-refractivity contribution in [2.24, 2.45) is 15.2 Å². The lowest BCUT2D eigenvalue weighted by atomic mass is 10.0. The van der Waals surface area contributed by atoms with Crippen molar-refractivity contribution in [3.05, 3.63) is 11.6 Å².